The van der Waals surface area contributed by atoms with E-state index < -0.39 is 4.92 Å². The summed E-state index contributed by atoms with van der Waals surface area (Å²) in [4.78, 5) is 25.9. The number of hydrogen-bond acceptors (Lipinski definition) is 7. The molecule has 26 heavy (non-hydrogen) atoms. The molecule has 1 aliphatic heterocycles. The normalized spacial score (nSPS) is 17.2. The van der Waals surface area contributed by atoms with Crippen LogP contribution in [-0.4, -0.2) is 39.0 Å². The molecule has 2 aromatic heterocycles. The van der Waals surface area contributed by atoms with Gasteiger partial charge >= 0.3 is 0 Å². The number of aromatic nitrogens is 3. The minimum absolute atomic E-state index is 0.0748. The number of rotatable bonds is 4. The van der Waals surface area contributed by atoms with Crippen LogP contribution in [0.2, 0.25) is 0 Å². The second-order valence-corrected chi connectivity index (χ2v) is 6.31. The van der Waals surface area contributed by atoms with Crippen LogP contribution in [0.1, 0.15) is 12.8 Å². The quantitative estimate of drug-likeness (QED) is 0.570. The molecule has 3 aromatic rings. The summed E-state index contributed by atoms with van der Waals surface area (Å²) in [5.74, 6) is 1.52. The van der Waals surface area contributed by atoms with E-state index >= 15 is 0 Å². The standard InChI is InChI=1S/C18H18N6O2/c25-24(26)15-5-6-16-13(11-15)4-7-17(22-16)21-14-3-1-10-23(12-14)18-19-8-2-9-20-18/h2,4-9,11,14H,1,3,10,12H2,(H,21,22). The molecule has 0 bridgehead atoms. The van der Waals surface area contributed by atoms with Crippen molar-refractivity contribution in [2.45, 2.75) is 18.9 Å². The van der Waals surface area contributed by atoms with Crippen molar-refractivity contribution in [2.75, 3.05) is 23.3 Å². The van der Waals surface area contributed by atoms with Gasteiger partial charge in [-0.3, -0.25) is 10.1 Å². The van der Waals surface area contributed by atoms with Gasteiger partial charge in [0.15, 0.2) is 0 Å². The third-order valence-corrected chi connectivity index (χ3v) is 4.49. The minimum Gasteiger partial charge on any atom is -0.366 e. The number of nitrogens with one attached hydrogen (secondary N) is 1. The van der Waals surface area contributed by atoms with Crippen LogP contribution in [0.4, 0.5) is 17.5 Å². The monoisotopic (exact) mass is 350 g/mol. The Balaban J connectivity index is 1.49. The maximum atomic E-state index is 10.9. The van der Waals surface area contributed by atoms with Crippen molar-refractivity contribution in [2.24, 2.45) is 0 Å². The van der Waals surface area contributed by atoms with Crippen LogP contribution in [0.25, 0.3) is 10.9 Å². The Bertz CT molecular complexity index is 933. The predicted octanol–water partition coefficient (Wildman–Crippen LogP) is 3.01. The molecule has 1 N–H and O–H groups in total. The van der Waals surface area contributed by atoms with Crippen molar-refractivity contribution in [3.63, 3.8) is 0 Å². The summed E-state index contributed by atoms with van der Waals surface area (Å²) in [6, 6.07) is 10.5. The summed E-state index contributed by atoms with van der Waals surface area (Å²) >= 11 is 0. The predicted molar refractivity (Wildman–Crippen MR) is 99.3 cm³/mol. The highest BCUT2D eigenvalue weighted by Crippen LogP contribution is 2.23. The largest absolute Gasteiger partial charge is 0.366 e. The molecule has 4 rings (SSSR count). The van der Waals surface area contributed by atoms with Gasteiger partial charge in [-0.2, -0.15) is 0 Å². The van der Waals surface area contributed by atoms with E-state index in [2.05, 4.69) is 25.2 Å². The van der Waals surface area contributed by atoms with E-state index in [1.165, 1.54) is 6.07 Å². The number of nitro benzene ring substituents is 1. The number of fused-ring (bicyclic) bond motifs is 1. The van der Waals surface area contributed by atoms with Gasteiger partial charge in [-0.05, 0) is 37.1 Å². The van der Waals surface area contributed by atoms with Crippen LogP contribution in [0.5, 0.6) is 0 Å². The van der Waals surface area contributed by atoms with Crippen molar-refractivity contribution in [1.29, 1.82) is 0 Å². The highest BCUT2D eigenvalue weighted by molar-refractivity contribution is 5.82. The summed E-state index contributed by atoms with van der Waals surface area (Å²) < 4.78 is 0. The molecule has 1 unspecified atom stereocenters. The average molecular weight is 350 g/mol. The van der Waals surface area contributed by atoms with Crippen LogP contribution in [-0.2, 0) is 0 Å². The first kappa shape index (κ1) is 16.2. The molecule has 0 spiro atoms. The first-order valence-corrected chi connectivity index (χ1v) is 8.53. The van der Waals surface area contributed by atoms with E-state index in [-0.39, 0.29) is 11.7 Å². The molecule has 1 aliphatic rings. The first-order chi connectivity index (χ1) is 12.7. The Morgan fingerprint density at radius 2 is 2.04 bits per heavy atom. The first-order valence-electron chi connectivity index (χ1n) is 8.53. The molecule has 0 radical (unpaired) electrons. The number of benzene rings is 1. The molecule has 0 aliphatic carbocycles. The minimum atomic E-state index is -0.395. The molecule has 8 nitrogen and oxygen atoms in total. The molecule has 132 valence electrons. The van der Waals surface area contributed by atoms with Crippen molar-refractivity contribution in [3.05, 3.63) is 58.9 Å². The van der Waals surface area contributed by atoms with Crippen LogP contribution in [0, 0.1) is 10.1 Å². The summed E-state index contributed by atoms with van der Waals surface area (Å²) in [6.07, 6.45) is 5.60. The van der Waals surface area contributed by atoms with Crippen molar-refractivity contribution in [3.8, 4) is 0 Å². The molecule has 0 amide bonds. The number of piperidine rings is 1. The molecular weight excluding hydrogens is 332 g/mol. The second kappa shape index (κ2) is 6.91. The highest BCUT2D eigenvalue weighted by Gasteiger charge is 2.21. The second-order valence-electron chi connectivity index (χ2n) is 6.31. The fourth-order valence-electron chi connectivity index (χ4n) is 3.25. The molecule has 1 fully saturated rings. The Kier molecular flexibility index (Phi) is 4.30. The average Bonchev–Trinajstić information content (AvgIpc) is 2.68. The Hall–Kier alpha value is -3.29. The van der Waals surface area contributed by atoms with E-state index in [9.17, 15) is 10.1 Å². The van der Waals surface area contributed by atoms with Gasteiger partial charge in [-0.25, -0.2) is 15.0 Å². The van der Waals surface area contributed by atoms with Gasteiger partial charge in [0.25, 0.3) is 5.69 Å². The lowest BCUT2D eigenvalue weighted by Gasteiger charge is -2.33. The molecule has 1 saturated heterocycles. The lowest BCUT2D eigenvalue weighted by molar-refractivity contribution is -0.384. The number of hydrogen-bond donors (Lipinski definition) is 1. The SMILES string of the molecule is O=[N+]([O-])c1ccc2nc(NC3CCCN(c4ncccn4)C3)ccc2c1. The van der Waals surface area contributed by atoms with Gasteiger partial charge in [0.2, 0.25) is 5.95 Å². The number of nitro groups is 1. The van der Waals surface area contributed by atoms with Crippen LogP contribution in [0.3, 0.4) is 0 Å². The maximum absolute atomic E-state index is 10.9. The summed E-state index contributed by atoms with van der Waals surface area (Å²) in [5.41, 5.74) is 0.811. The Morgan fingerprint density at radius 3 is 2.85 bits per heavy atom. The van der Waals surface area contributed by atoms with E-state index in [4.69, 9.17) is 0 Å². The van der Waals surface area contributed by atoms with Gasteiger partial charge in [-0.1, -0.05) is 0 Å². The molecule has 8 heteroatoms. The molecule has 3 heterocycles. The number of non-ortho nitro benzene ring substituents is 1. The van der Waals surface area contributed by atoms with Crippen LogP contribution < -0.4 is 10.2 Å². The topological polar surface area (TPSA) is 97.1 Å². The zero-order valence-electron chi connectivity index (χ0n) is 14.1. The van der Waals surface area contributed by atoms with Gasteiger partial charge in [0.05, 0.1) is 10.4 Å². The van der Waals surface area contributed by atoms with E-state index in [1.54, 1.807) is 24.5 Å². The molecule has 1 atom stereocenters. The highest BCUT2D eigenvalue weighted by atomic mass is 16.6. The van der Waals surface area contributed by atoms with Crippen molar-refractivity contribution in [1.82, 2.24) is 15.0 Å². The third-order valence-electron chi connectivity index (χ3n) is 4.49. The molecule has 1 aromatic carbocycles. The van der Waals surface area contributed by atoms with Gasteiger partial charge < -0.3 is 10.2 Å². The Labute approximate surface area is 150 Å². The zero-order chi connectivity index (χ0) is 17.9. The Morgan fingerprint density at radius 1 is 1.19 bits per heavy atom. The number of pyridine rings is 1. The van der Waals surface area contributed by atoms with Gasteiger partial charge in [0.1, 0.15) is 5.82 Å². The summed E-state index contributed by atoms with van der Waals surface area (Å²) in [6.45, 7) is 1.75. The molecular formula is C18H18N6O2. The van der Waals surface area contributed by atoms with E-state index in [0.717, 1.165) is 48.6 Å². The fraction of sp³-hybridized carbons (Fsp3) is 0.278. The molecule has 0 saturated carbocycles. The summed E-state index contributed by atoms with van der Waals surface area (Å²) in [5, 5.41) is 15.1. The lowest BCUT2D eigenvalue weighted by atomic mass is 10.1. The van der Waals surface area contributed by atoms with Crippen LogP contribution >= 0.6 is 0 Å². The lowest BCUT2D eigenvalue weighted by Crippen LogP contribution is -2.43. The maximum Gasteiger partial charge on any atom is 0.270 e. The van der Waals surface area contributed by atoms with E-state index in [0.29, 0.717) is 0 Å². The third kappa shape index (κ3) is 3.39. The van der Waals surface area contributed by atoms with Gasteiger partial charge in [-0.15, -0.1) is 0 Å². The summed E-state index contributed by atoms with van der Waals surface area (Å²) in [7, 11) is 0. The smallest absolute Gasteiger partial charge is 0.270 e. The van der Waals surface area contributed by atoms with E-state index in [1.807, 2.05) is 18.2 Å². The van der Waals surface area contributed by atoms with Crippen molar-refractivity contribution >= 4 is 28.4 Å². The van der Waals surface area contributed by atoms with Crippen LogP contribution in [0.15, 0.2) is 48.8 Å². The van der Waals surface area contributed by atoms with Crippen molar-refractivity contribution < 1.29 is 4.92 Å². The van der Waals surface area contributed by atoms with Gasteiger partial charge in [0, 0.05) is 49.0 Å². The number of anilines is 2. The fourth-order valence-corrected chi connectivity index (χ4v) is 3.25. The number of nitrogens with zero attached hydrogens (tertiary/aromatic N) is 5. The zero-order valence-corrected chi connectivity index (χ0v) is 14.1.